The SMILES string of the molecule is Cc1cc(-c2ncnc3c2cc(-c2ccc(N4CCN(C(=O)O)CC4)nc2)n3COCC[Si](C)(C)C)ccc1C(C)NC(=O)c1nc(C2(C)CC2)no1. The van der Waals surface area contributed by atoms with Crippen molar-refractivity contribution in [3.63, 3.8) is 0 Å². The molecule has 2 amide bonds. The van der Waals surface area contributed by atoms with Gasteiger partial charge >= 0.3 is 17.9 Å². The number of pyridine rings is 1. The van der Waals surface area contributed by atoms with Crippen LogP contribution in [0.2, 0.25) is 25.7 Å². The van der Waals surface area contributed by atoms with Gasteiger partial charge in [-0.1, -0.05) is 43.9 Å². The fourth-order valence-electron chi connectivity index (χ4n) is 6.67. The smallest absolute Gasteiger partial charge is 0.407 e. The number of aryl methyl sites for hydroxylation is 1. The fourth-order valence-corrected chi connectivity index (χ4v) is 7.42. The highest BCUT2D eigenvalue weighted by molar-refractivity contribution is 6.76. The van der Waals surface area contributed by atoms with E-state index in [9.17, 15) is 14.7 Å². The number of carboxylic acid groups (broad SMARTS) is 1. The highest BCUT2D eigenvalue weighted by Gasteiger charge is 2.44. The van der Waals surface area contributed by atoms with Crippen molar-refractivity contribution in [3.8, 4) is 22.5 Å². The van der Waals surface area contributed by atoms with E-state index >= 15 is 0 Å². The lowest BCUT2D eigenvalue weighted by atomic mass is 9.97. The summed E-state index contributed by atoms with van der Waals surface area (Å²) in [6.45, 7) is 16.1. The van der Waals surface area contributed by atoms with E-state index < -0.39 is 20.1 Å². The van der Waals surface area contributed by atoms with Crippen LogP contribution in [0.4, 0.5) is 10.6 Å². The number of rotatable bonds is 12. The largest absolute Gasteiger partial charge is 0.465 e. The topological polar surface area (TPSA) is 165 Å². The monoisotopic (exact) mass is 737 g/mol. The molecule has 1 aliphatic heterocycles. The predicted octanol–water partition coefficient (Wildman–Crippen LogP) is 6.51. The predicted molar refractivity (Wildman–Crippen MR) is 204 cm³/mol. The zero-order valence-corrected chi connectivity index (χ0v) is 32.2. The molecule has 1 saturated heterocycles. The average Bonchev–Trinajstić information content (AvgIpc) is 3.51. The molecule has 5 heterocycles. The number of aromatic nitrogens is 6. The zero-order valence-electron chi connectivity index (χ0n) is 31.2. The van der Waals surface area contributed by atoms with E-state index in [4.69, 9.17) is 24.2 Å². The molecule has 1 aliphatic carbocycles. The highest BCUT2D eigenvalue weighted by Crippen LogP contribution is 2.46. The molecule has 14 nitrogen and oxygen atoms in total. The van der Waals surface area contributed by atoms with Crippen LogP contribution in [-0.2, 0) is 16.9 Å². The Kier molecular flexibility index (Phi) is 9.80. The molecule has 15 heteroatoms. The lowest BCUT2D eigenvalue weighted by molar-refractivity contribution is 0.0894. The van der Waals surface area contributed by atoms with Crippen LogP contribution in [0.15, 0.2) is 53.4 Å². The number of hydrogen-bond donors (Lipinski definition) is 2. The van der Waals surface area contributed by atoms with Crippen molar-refractivity contribution in [2.75, 3.05) is 37.7 Å². The molecule has 1 atom stereocenters. The van der Waals surface area contributed by atoms with Gasteiger partial charge in [0.1, 0.15) is 24.5 Å². The Morgan fingerprint density at radius 3 is 2.45 bits per heavy atom. The maximum atomic E-state index is 13.0. The highest BCUT2D eigenvalue weighted by atomic mass is 28.3. The Morgan fingerprint density at radius 1 is 1.04 bits per heavy atom. The van der Waals surface area contributed by atoms with Crippen molar-refractivity contribution < 1.29 is 24.0 Å². The molecule has 7 rings (SSSR count). The van der Waals surface area contributed by atoms with Crippen molar-refractivity contribution in [1.29, 1.82) is 0 Å². The van der Waals surface area contributed by atoms with Gasteiger partial charge in [-0.05, 0) is 68.1 Å². The molecule has 1 aromatic carbocycles. The van der Waals surface area contributed by atoms with E-state index in [2.05, 4.69) is 63.6 Å². The van der Waals surface area contributed by atoms with Crippen LogP contribution in [0.5, 0.6) is 0 Å². The number of hydrogen-bond acceptors (Lipinski definition) is 10. The van der Waals surface area contributed by atoms with Gasteiger partial charge in [0.25, 0.3) is 0 Å². The van der Waals surface area contributed by atoms with Gasteiger partial charge in [0.2, 0.25) is 0 Å². The van der Waals surface area contributed by atoms with Crippen LogP contribution in [0.25, 0.3) is 33.5 Å². The van der Waals surface area contributed by atoms with Crippen molar-refractivity contribution in [1.82, 2.24) is 39.9 Å². The van der Waals surface area contributed by atoms with Crippen LogP contribution in [0, 0.1) is 6.92 Å². The summed E-state index contributed by atoms with van der Waals surface area (Å²) in [5, 5.41) is 17.3. The first-order valence-electron chi connectivity index (χ1n) is 18.2. The minimum Gasteiger partial charge on any atom is -0.465 e. The summed E-state index contributed by atoms with van der Waals surface area (Å²) in [6.07, 6.45) is 4.54. The first kappa shape index (κ1) is 36.2. The average molecular weight is 738 g/mol. The van der Waals surface area contributed by atoms with Crippen LogP contribution >= 0.6 is 0 Å². The first-order chi connectivity index (χ1) is 25.3. The Hall–Kier alpha value is -5.15. The molecule has 0 radical (unpaired) electrons. The number of nitrogens with zero attached hydrogens (tertiary/aromatic N) is 8. The summed E-state index contributed by atoms with van der Waals surface area (Å²) in [6, 6.07) is 13.0. The summed E-state index contributed by atoms with van der Waals surface area (Å²) < 4.78 is 13.6. The van der Waals surface area contributed by atoms with Crippen LogP contribution in [-0.4, -0.2) is 92.5 Å². The van der Waals surface area contributed by atoms with Crippen LogP contribution < -0.4 is 10.2 Å². The minimum atomic E-state index is -1.29. The third-order valence-corrected chi connectivity index (χ3v) is 12.0. The van der Waals surface area contributed by atoms with Gasteiger partial charge in [0.05, 0.1) is 17.4 Å². The molecule has 53 heavy (non-hydrogen) atoms. The van der Waals surface area contributed by atoms with E-state index in [0.717, 1.165) is 69.4 Å². The maximum absolute atomic E-state index is 13.0. The molecule has 5 aromatic rings. The third-order valence-electron chi connectivity index (χ3n) is 10.3. The van der Waals surface area contributed by atoms with Crippen molar-refractivity contribution in [2.45, 2.75) is 77.5 Å². The molecule has 2 N–H and O–H groups in total. The Balaban J connectivity index is 1.15. The lowest BCUT2D eigenvalue weighted by Gasteiger charge is -2.33. The number of amides is 2. The second-order valence-corrected chi connectivity index (χ2v) is 21.3. The van der Waals surface area contributed by atoms with Crippen LogP contribution in [0.3, 0.4) is 0 Å². The van der Waals surface area contributed by atoms with Gasteiger partial charge in [0, 0.05) is 69.0 Å². The molecule has 2 fully saturated rings. The molecule has 2 aliphatic rings. The van der Waals surface area contributed by atoms with Gasteiger partial charge in [-0.3, -0.25) is 4.79 Å². The normalized spacial score (nSPS) is 16.2. The minimum absolute atomic E-state index is 0.0224. The Morgan fingerprint density at radius 2 is 1.79 bits per heavy atom. The van der Waals surface area contributed by atoms with Crippen molar-refractivity contribution in [3.05, 3.63) is 71.8 Å². The number of nitrogens with one attached hydrogen (secondary N) is 1. The summed E-state index contributed by atoms with van der Waals surface area (Å²) in [5.41, 5.74) is 6.17. The second kappa shape index (κ2) is 14.3. The molecule has 1 unspecified atom stereocenters. The van der Waals surface area contributed by atoms with Gasteiger partial charge in [-0.2, -0.15) is 4.98 Å². The summed E-state index contributed by atoms with van der Waals surface area (Å²) in [7, 11) is -1.29. The number of piperazine rings is 1. The van der Waals surface area contributed by atoms with Crippen LogP contribution in [0.1, 0.15) is 60.4 Å². The standard InChI is InChI=1S/C38H47N9O5Si/c1-24-19-26(7-9-28(24)25(2)42-34(48)35-43-36(44-52-35)38(3)11-12-38)32-29-20-30(47(33(29)41-22-40-32)23-51-17-18-53(4,5)6)27-8-10-31(39-21-27)45-13-15-46(16-14-45)37(49)50/h7-10,19-22,25H,11-18,23H2,1-6H3,(H,42,48)(H,49,50). The molecular weight excluding hydrogens is 691 g/mol. The van der Waals surface area contributed by atoms with E-state index in [1.54, 1.807) is 6.33 Å². The fraction of sp³-hybridized carbons (Fsp3) is 0.447. The lowest BCUT2D eigenvalue weighted by Crippen LogP contribution is -2.48. The molecule has 0 spiro atoms. The summed E-state index contributed by atoms with van der Waals surface area (Å²) in [5.74, 6) is 0.976. The Labute approximate surface area is 309 Å². The number of carbonyl (C=O) groups excluding carboxylic acids is 1. The van der Waals surface area contributed by atoms with E-state index in [1.165, 1.54) is 4.90 Å². The van der Waals surface area contributed by atoms with Crippen molar-refractivity contribution >= 4 is 36.9 Å². The first-order valence-corrected chi connectivity index (χ1v) is 21.9. The van der Waals surface area contributed by atoms with Gasteiger partial charge < -0.3 is 34.1 Å². The number of fused-ring (bicyclic) bond motifs is 1. The molecule has 1 saturated carbocycles. The Bertz CT molecular complexity index is 2130. The van der Waals surface area contributed by atoms with E-state index in [1.807, 2.05) is 44.3 Å². The van der Waals surface area contributed by atoms with Crippen molar-refractivity contribution in [2.24, 2.45) is 0 Å². The summed E-state index contributed by atoms with van der Waals surface area (Å²) in [4.78, 5) is 46.6. The molecule has 278 valence electrons. The maximum Gasteiger partial charge on any atom is 0.407 e. The van der Waals surface area contributed by atoms with E-state index in [0.29, 0.717) is 45.3 Å². The quantitative estimate of drug-likeness (QED) is 0.106. The van der Waals surface area contributed by atoms with Gasteiger partial charge in [-0.15, -0.1) is 0 Å². The van der Waals surface area contributed by atoms with Gasteiger partial charge in [-0.25, -0.2) is 19.7 Å². The zero-order chi connectivity index (χ0) is 37.5. The number of anilines is 1. The summed E-state index contributed by atoms with van der Waals surface area (Å²) >= 11 is 0. The van der Waals surface area contributed by atoms with E-state index in [-0.39, 0.29) is 17.3 Å². The molecule has 0 bridgehead atoms. The third kappa shape index (κ3) is 7.81. The van der Waals surface area contributed by atoms with Gasteiger partial charge in [0.15, 0.2) is 5.82 Å². The molecule has 4 aromatic heterocycles. The number of benzene rings is 1. The second-order valence-electron chi connectivity index (χ2n) is 15.7. The molecular formula is C38H47N9O5Si. The number of carbonyl (C=O) groups is 2. The number of ether oxygens (including phenoxy) is 1.